The van der Waals surface area contributed by atoms with E-state index in [1.165, 1.54) is 12.1 Å². The number of nitro groups is 1. The molecule has 0 aromatic heterocycles. The van der Waals surface area contributed by atoms with Crippen LogP contribution in [0.1, 0.15) is 26.2 Å². The molecule has 20 heavy (non-hydrogen) atoms. The first-order valence-electron chi connectivity index (χ1n) is 6.26. The zero-order valence-electron chi connectivity index (χ0n) is 11.1. The molecule has 1 fully saturated rings. The van der Waals surface area contributed by atoms with Gasteiger partial charge in [0.25, 0.3) is 5.69 Å². The van der Waals surface area contributed by atoms with E-state index in [1.807, 2.05) is 0 Å². The summed E-state index contributed by atoms with van der Waals surface area (Å²) in [4.78, 5) is 10.1. The van der Waals surface area contributed by atoms with Crippen LogP contribution in [0.2, 0.25) is 0 Å². The lowest BCUT2D eigenvalue weighted by atomic mass is 9.70. The monoisotopic (exact) mass is 299 g/mol. The quantitative estimate of drug-likeness (QED) is 0.635. The van der Waals surface area contributed by atoms with Crippen LogP contribution in [0.15, 0.2) is 23.1 Å². The summed E-state index contributed by atoms with van der Waals surface area (Å²) in [5, 5.41) is 18.9. The van der Waals surface area contributed by atoms with Gasteiger partial charge in [-0.1, -0.05) is 13.3 Å². The minimum atomic E-state index is -3.92. The van der Waals surface area contributed by atoms with Crippen LogP contribution in [0.4, 0.5) is 11.4 Å². The van der Waals surface area contributed by atoms with Gasteiger partial charge in [-0.3, -0.25) is 10.1 Å². The third-order valence-corrected chi connectivity index (χ3v) is 4.72. The van der Waals surface area contributed by atoms with Gasteiger partial charge in [0.2, 0.25) is 10.0 Å². The van der Waals surface area contributed by atoms with Crippen molar-refractivity contribution in [1.82, 2.24) is 0 Å². The summed E-state index contributed by atoms with van der Waals surface area (Å²) in [6, 6.07) is 3.51. The predicted octanol–water partition coefficient (Wildman–Crippen LogP) is 1.84. The van der Waals surface area contributed by atoms with Crippen LogP contribution < -0.4 is 10.5 Å². The molecular weight excluding hydrogens is 282 g/mol. The molecule has 1 aromatic carbocycles. The number of hydrogen-bond acceptors (Lipinski definition) is 5. The minimum absolute atomic E-state index is 0.111. The number of primary sulfonamides is 1. The van der Waals surface area contributed by atoms with Crippen molar-refractivity contribution in [2.45, 2.75) is 31.1 Å². The number of nitrogens with zero attached hydrogens (tertiary/aromatic N) is 1. The second-order valence-electron chi connectivity index (χ2n) is 5.50. The molecule has 0 atom stereocenters. The van der Waals surface area contributed by atoms with Gasteiger partial charge in [0.1, 0.15) is 4.90 Å². The summed E-state index contributed by atoms with van der Waals surface area (Å²) >= 11 is 0. The molecule has 8 heteroatoms. The largest absolute Gasteiger partial charge is 0.383 e. The molecule has 0 amide bonds. The van der Waals surface area contributed by atoms with Crippen molar-refractivity contribution in [3.63, 3.8) is 0 Å². The summed E-state index contributed by atoms with van der Waals surface area (Å²) in [6.45, 7) is 2.66. The van der Waals surface area contributed by atoms with E-state index in [4.69, 9.17) is 5.14 Å². The Labute approximate surface area is 117 Å². The molecule has 1 aromatic rings. The molecule has 0 radical (unpaired) electrons. The van der Waals surface area contributed by atoms with Crippen molar-refractivity contribution in [3.8, 4) is 0 Å². The molecule has 1 saturated carbocycles. The number of sulfonamides is 1. The van der Waals surface area contributed by atoms with E-state index in [0.717, 1.165) is 25.3 Å². The Balaban J connectivity index is 2.31. The number of benzene rings is 1. The maximum absolute atomic E-state index is 11.5. The van der Waals surface area contributed by atoms with E-state index in [0.29, 0.717) is 6.54 Å². The summed E-state index contributed by atoms with van der Waals surface area (Å²) in [6.07, 6.45) is 3.26. The lowest BCUT2D eigenvalue weighted by Crippen LogP contribution is -2.33. The van der Waals surface area contributed by atoms with Gasteiger partial charge in [-0.25, -0.2) is 13.6 Å². The molecule has 0 heterocycles. The van der Waals surface area contributed by atoms with Gasteiger partial charge in [0.15, 0.2) is 0 Å². The van der Waals surface area contributed by atoms with Crippen LogP contribution in [0.5, 0.6) is 0 Å². The van der Waals surface area contributed by atoms with Crippen molar-refractivity contribution in [2.24, 2.45) is 10.6 Å². The summed E-state index contributed by atoms with van der Waals surface area (Å²) in [5.41, 5.74) is 0.133. The Hall–Kier alpha value is -1.67. The molecule has 0 spiro atoms. The number of nitrogens with one attached hydrogen (secondary N) is 1. The number of anilines is 1. The second kappa shape index (κ2) is 5.02. The number of nitro benzene ring substituents is 1. The average Bonchev–Trinajstić information content (AvgIpc) is 2.32. The fourth-order valence-corrected chi connectivity index (χ4v) is 2.98. The molecule has 110 valence electrons. The molecule has 7 nitrogen and oxygen atoms in total. The average molecular weight is 299 g/mol. The van der Waals surface area contributed by atoms with Crippen LogP contribution in [0.25, 0.3) is 0 Å². The minimum Gasteiger partial charge on any atom is -0.383 e. The third kappa shape index (κ3) is 3.07. The predicted molar refractivity (Wildman–Crippen MR) is 74.9 cm³/mol. The highest BCUT2D eigenvalue weighted by atomic mass is 32.2. The number of rotatable bonds is 5. The highest BCUT2D eigenvalue weighted by molar-refractivity contribution is 7.89. The molecular formula is C12H17N3O4S. The molecule has 1 aliphatic rings. The standard InChI is InChI=1S/C12H17N3O4S/c1-12(5-2-6-12)8-14-10-7-9(15(16)17)3-4-11(10)20(13,18)19/h3-4,7,14H,2,5-6,8H2,1H3,(H2,13,18,19). The molecule has 2 rings (SSSR count). The topological polar surface area (TPSA) is 115 Å². The lowest BCUT2D eigenvalue weighted by Gasteiger charge is -2.38. The number of nitrogens with two attached hydrogens (primary N) is 1. The molecule has 1 aliphatic carbocycles. The Bertz CT molecular complexity index is 638. The van der Waals surface area contributed by atoms with Gasteiger partial charge in [-0.2, -0.15) is 0 Å². The highest BCUT2D eigenvalue weighted by Gasteiger charge is 2.32. The first-order valence-corrected chi connectivity index (χ1v) is 7.81. The molecule has 0 saturated heterocycles. The fraction of sp³-hybridized carbons (Fsp3) is 0.500. The van der Waals surface area contributed by atoms with E-state index >= 15 is 0 Å². The van der Waals surface area contributed by atoms with Crippen molar-refractivity contribution in [2.75, 3.05) is 11.9 Å². The van der Waals surface area contributed by atoms with Crippen molar-refractivity contribution in [3.05, 3.63) is 28.3 Å². The Morgan fingerprint density at radius 1 is 1.45 bits per heavy atom. The van der Waals surface area contributed by atoms with E-state index in [2.05, 4.69) is 12.2 Å². The normalized spacial score (nSPS) is 17.3. The smallest absolute Gasteiger partial charge is 0.271 e. The molecule has 0 unspecified atom stereocenters. The third-order valence-electron chi connectivity index (χ3n) is 3.75. The van der Waals surface area contributed by atoms with Gasteiger partial charge in [0, 0.05) is 18.7 Å². The first kappa shape index (κ1) is 14.7. The first-order chi connectivity index (χ1) is 9.21. The van der Waals surface area contributed by atoms with E-state index in [1.54, 1.807) is 0 Å². The summed E-state index contributed by atoms with van der Waals surface area (Å²) in [5.74, 6) is 0. The van der Waals surface area contributed by atoms with Crippen LogP contribution in [0.3, 0.4) is 0 Å². The zero-order valence-corrected chi connectivity index (χ0v) is 11.9. The van der Waals surface area contributed by atoms with Gasteiger partial charge < -0.3 is 5.32 Å². The van der Waals surface area contributed by atoms with Crippen molar-refractivity contribution < 1.29 is 13.3 Å². The van der Waals surface area contributed by atoms with Crippen LogP contribution in [0, 0.1) is 15.5 Å². The van der Waals surface area contributed by atoms with E-state index in [9.17, 15) is 18.5 Å². The van der Waals surface area contributed by atoms with Gasteiger partial charge >= 0.3 is 0 Å². The van der Waals surface area contributed by atoms with Gasteiger partial charge in [-0.05, 0) is 24.3 Å². The summed E-state index contributed by atoms with van der Waals surface area (Å²) in [7, 11) is -3.92. The Morgan fingerprint density at radius 2 is 2.10 bits per heavy atom. The van der Waals surface area contributed by atoms with Crippen molar-refractivity contribution >= 4 is 21.4 Å². The fourth-order valence-electron chi connectivity index (χ4n) is 2.28. The maximum atomic E-state index is 11.5. The van der Waals surface area contributed by atoms with Crippen LogP contribution in [-0.2, 0) is 10.0 Å². The maximum Gasteiger partial charge on any atom is 0.271 e. The molecule has 0 aliphatic heterocycles. The van der Waals surface area contributed by atoms with Gasteiger partial charge in [-0.15, -0.1) is 0 Å². The number of non-ortho nitro benzene ring substituents is 1. The summed E-state index contributed by atoms with van der Waals surface area (Å²) < 4.78 is 23.0. The van der Waals surface area contributed by atoms with Crippen LogP contribution in [-0.4, -0.2) is 19.9 Å². The van der Waals surface area contributed by atoms with E-state index in [-0.39, 0.29) is 21.7 Å². The van der Waals surface area contributed by atoms with Gasteiger partial charge in [0.05, 0.1) is 10.6 Å². The van der Waals surface area contributed by atoms with Crippen molar-refractivity contribution in [1.29, 1.82) is 0 Å². The Morgan fingerprint density at radius 3 is 2.55 bits per heavy atom. The zero-order chi connectivity index (χ0) is 15.0. The lowest BCUT2D eigenvalue weighted by molar-refractivity contribution is -0.384. The second-order valence-corrected chi connectivity index (χ2v) is 7.03. The molecule has 0 bridgehead atoms. The number of hydrogen-bond donors (Lipinski definition) is 2. The van der Waals surface area contributed by atoms with E-state index < -0.39 is 14.9 Å². The highest BCUT2D eigenvalue weighted by Crippen LogP contribution is 2.40. The molecule has 3 N–H and O–H groups in total. The SMILES string of the molecule is CC1(CNc2cc([N+](=O)[O-])ccc2S(N)(=O)=O)CCC1. The van der Waals surface area contributed by atoms with Crippen LogP contribution >= 0.6 is 0 Å². The Kier molecular flexibility index (Phi) is 3.70.